The predicted molar refractivity (Wildman–Crippen MR) is 123 cm³/mol. The van der Waals surface area contributed by atoms with Crippen LogP contribution in [0.2, 0.25) is 0 Å². The van der Waals surface area contributed by atoms with Crippen LogP contribution in [-0.2, 0) is 42.9 Å². The smallest absolute Gasteiger partial charge is 0.303 e. The van der Waals surface area contributed by atoms with E-state index in [0.717, 1.165) is 20.8 Å². The average Bonchev–Trinajstić information content (AvgIpc) is 2.78. The van der Waals surface area contributed by atoms with Gasteiger partial charge in [0, 0.05) is 52.1 Å². The molecule has 0 unspecified atom stereocenters. The van der Waals surface area contributed by atoms with Crippen molar-refractivity contribution in [3.8, 4) is 0 Å². The van der Waals surface area contributed by atoms with Crippen molar-refractivity contribution in [3.63, 3.8) is 0 Å². The molecule has 1 fully saturated rings. The molecule has 1 aliphatic heterocycles. The standard InChI is InChI=1S/C23H28N2O11/c1-13(26)32-12-20-22(34-15(3)28)23(35-16(4)29)21(33-14(2)27)19(36-20)9-6-10-24-17-7-5-8-18(11-17)25(30)31/h5-9,11,19-24H,10,12H2,1-4H3/b9-6+/t19-,20+,21-,22-,23+/m0/s1. The second-order valence-corrected chi connectivity index (χ2v) is 7.78. The lowest BCUT2D eigenvalue weighted by atomic mass is 9.93. The summed E-state index contributed by atoms with van der Waals surface area (Å²) in [5.41, 5.74) is 0.416. The van der Waals surface area contributed by atoms with Gasteiger partial charge in [0.1, 0.15) is 18.8 Å². The molecule has 36 heavy (non-hydrogen) atoms. The van der Waals surface area contributed by atoms with Gasteiger partial charge in [-0.1, -0.05) is 18.2 Å². The van der Waals surface area contributed by atoms with Crippen molar-refractivity contribution in [3.05, 3.63) is 46.5 Å². The summed E-state index contributed by atoms with van der Waals surface area (Å²) in [5.74, 6) is -2.75. The highest BCUT2D eigenvalue weighted by Gasteiger charge is 2.51. The number of rotatable bonds is 10. The molecule has 1 heterocycles. The zero-order chi connectivity index (χ0) is 26.8. The summed E-state index contributed by atoms with van der Waals surface area (Å²) in [7, 11) is 0. The van der Waals surface area contributed by atoms with E-state index in [-0.39, 0.29) is 18.8 Å². The Morgan fingerprint density at radius 1 is 0.972 bits per heavy atom. The summed E-state index contributed by atoms with van der Waals surface area (Å²) in [4.78, 5) is 57.2. The van der Waals surface area contributed by atoms with E-state index in [0.29, 0.717) is 5.69 Å². The summed E-state index contributed by atoms with van der Waals surface area (Å²) < 4.78 is 27.0. The first kappa shape index (κ1) is 28.2. The number of carbonyl (C=O) groups excluding carboxylic acids is 4. The van der Waals surface area contributed by atoms with Crippen LogP contribution in [0.3, 0.4) is 0 Å². The molecule has 196 valence electrons. The Balaban J connectivity index is 2.29. The molecule has 0 aromatic heterocycles. The fourth-order valence-corrected chi connectivity index (χ4v) is 3.53. The second-order valence-electron chi connectivity index (χ2n) is 7.78. The molecular weight excluding hydrogens is 480 g/mol. The van der Waals surface area contributed by atoms with Gasteiger partial charge in [0.25, 0.3) is 5.69 Å². The van der Waals surface area contributed by atoms with Gasteiger partial charge in [-0.25, -0.2) is 0 Å². The summed E-state index contributed by atoms with van der Waals surface area (Å²) >= 11 is 0. The summed E-state index contributed by atoms with van der Waals surface area (Å²) in [6.45, 7) is 4.50. The molecule has 1 aromatic rings. The number of nitro benzene ring substituents is 1. The number of anilines is 1. The van der Waals surface area contributed by atoms with E-state index in [1.165, 1.54) is 31.2 Å². The Bertz CT molecular complexity index is 1010. The van der Waals surface area contributed by atoms with Crippen molar-refractivity contribution in [2.45, 2.75) is 58.2 Å². The number of esters is 4. The van der Waals surface area contributed by atoms with Gasteiger partial charge in [0.15, 0.2) is 18.3 Å². The van der Waals surface area contributed by atoms with Crippen LogP contribution in [0.5, 0.6) is 0 Å². The van der Waals surface area contributed by atoms with E-state index in [1.54, 1.807) is 12.1 Å². The van der Waals surface area contributed by atoms with Crippen molar-refractivity contribution in [2.24, 2.45) is 0 Å². The van der Waals surface area contributed by atoms with Crippen LogP contribution in [0.25, 0.3) is 0 Å². The van der Waals surface area contributed by atoms with Crippen LogP contribution in [-0.4, -0.2) is 72.5 Å². The Morgan fingerprint density at radius 3 is 2.17 bits per heavy atom. The Labute approximate surface area is 206 Å². The zero-order valence-electron chi connectivity index (χ0n) is 20.2. The fraction of sp³-hybridized carbons (Fsp3) is 0.478. The third-order valence-electron chi connectivity index (χ3n) is 4.83. The molecule has 0 spiro atoms. The van der Waals surface area contributed by atoms with Gasteiger partial charge in [-0.3, -0.25) is 29.3 Å². The van der Waals surface area contributed by atoms with Crippen molar-refractivity contribution < 1.29 is 47.8 Å². The molecule has 1 saturated heterocycles. The molecule has 0 saturated carbocycles. The number of non-ortho nitro benzene ring substituents is 1. The molecule has 1 aliphatic rings. The number of carbonyl (C=O) groups is 4. The summed E-state index contributed by atoms with van der Waals surface area (Å²) in [6, 6.07) is 5.90. The minimum Gasteiger partial charge on any atom is -0.463 e. The van der Waals surface area contributed by atoms with Crippen molar-refractivity contribution in [2.75, 3.05) is 18.5 Å². The van der Waals surface area contributed by atoms with Crippen molar-refractivity contribution in [1.82, 2.24) is 0 Å². The van der Waals surface area contributed by atoms with Crippen LogP contribution in [0.15, 0.2) is 36.4 Å². The molecule has 1 N–H and O–H groups in total. The third kappa shape index (κ3) is 8.65. The first-order valence-corrected chi connectivity index (χ1v) is 10.9. The van der Waals surface area contributed by atoms with Crippen LogP contribution in [0, 0.1) is 10.1 Å². The number of nitro groups is 1. The van der Waals surface area contributed by atoms with Gasteiger partial charge in [-0.15, -0.1) is 0 Å². The zero-order valence-corrected chi connectivity index (χ0v) is 20.2. The van der Waals surface area contributed by atoms with E-state index in [9.17, 15) is 29.3 Å². The van der Waals surface area contributed by atoms with E-state index in [1.807, 2.05) is 0 Å². The van der Waals surface area contributed by atoms with Crippen LogP contribution in [0.4, 0.5) is 11.4 Å². The first-order valence-electron chi connectivity index (χ1n) is 10.9. The molecule has 1 aromatic carbocycles. The lowest BCUT2D eigenvalue weighted by Gasteiger charge is -2.43. The topological polar surface area (TPSA) is 170 Å². The summed E-state index contributed by atoms with van der Waals surface area (Å²) in [6.07, 6.45) is -2.59. The minimum atomic E-state index is -1.26. The molecule has 13 nitrogen and oxygen atoms in total. The highest BCUT2D eigenvalue weighted by molar-refractivity contribution is 5.68. The predicted octanol–water partition coefficient (Wildman–Crippen LogP) is 1.69. The minimum absolute atomic E-state index is 0.0800. The van der Waals surface area contributed by atoms with Gasteiger partial charge in [-0.2, -0.15) is 0 Å². The van der Waals surface area contributed by atoms with Crippen LogP contribution >= 0.6 is 0 Å². The van der Waals surface area contributed by atoms with E-state index >= 15 is 0 Å². The third-order valence-corrected chi connectivity index (χ3v) is 4.83. The number of nitrogens with zero attached hydrogens (tertiary/aromatic N) is 1. The Kier molecular flexibility index (Phi) is 10.3. The number of benzene rings is 1. The van der Waals surface area contributed by atoms with Gasteiger partial charge in [0.05, 0.1) is 4.92 Å². The molecule has 2 rings (SSSR count). The number of hydrogen-bond acceptors (Lipinski definition) is 12. The van der Waals surface area contributed by atoms with Gasteiger partial charge >= 0.3 is 23.9 Å². The quantitative estimate of drug-likeness (QED) is 0.160. The molecule has 0 aliphatic carbocycles. The molecule has 5 atom stereocenters. The monoisotopic (exact) mass is 508 g/mol. The normalized spacial score (nSPS) is 23.4. The highest BCUT2D eigenvalue weighted by atomic mass is 16.7. The Morgan fingerprint density at radius 2 is 1.58 bits per heavy atom. The van der Waals surface area contributed by atoms with E-state index in [4.69, 9.17) is 23.7 Å². The lowest BCUT2D eigenvalue weighted by Crippen LogP contribution is -2.61. The summed E-state index contributed by atoms with van der Waals surface area (Å²) in [5, 5.41) is 13.9. The van der Waals surface area contributed by atoms with Gasteiger partial charge in [0.2, 0.25) is 0 Å². The molecule has 0 bridgehead atoms. The maximum atomic E-state index is 11.8. The molecule has 0 amide bonds. The number of nitrogens with one attached hydrogen (secondary N) is 1. The highest BCUT2D eigenvalue weighted by Crippen LogP contribution is 2.30. The second kappa shape index (κ2) is 13.2. The van der Waals surface area contributed by atoms with Crippen molar-refractivity contribution in [1.29, 1.82) is 0 Å². The molecule has 13 heteroatoms. The van der Waals surface area contributed by atoms with Gasteiger partial charge < -0.3 is 29.0 Å². The average molecular weight is 508 g/mol. The fourth-order valence-electron chi connectivity index (χ4n) is 3.53. The molecule has 0 radical (unpaired) electrons. The van der Waals surface area contributed by atoms with E-state index < -0.39 is 59.3 Å². The molecular formula is C23H28N2O11. The maximum Gasteiger partial charge on any atom is 0.303 e. The SMILES string of the molecule is CC(=O)OC[C@H]1O[C@@H](/C=C/CNc2cccc([N+](=O)[O-])c2)[C@H](OC(C)=O)[C@@H](OC(C)=O)[C@H]1OC(C)=O. The Hall–Kier alpha value is -4.00. The number of hydrogen-bond donors (Lipinski definition) is 1. The van der Waals surface area contributed by atoms with E-state index in [2.05, 4.69) is 5.32 Å². The van der Waals surface area contributed by atoms with Crippen molar-refractivity contribution >= 4 is 35.3 Å². The lowest BCUT2D eigenvalue weighted by molar-refractivity contribution is -0.384. The maximum absolute atomic E-state index is 11.8. The largest absolute Gasteiger partial charge is 0.463 e. The van der Waals surface area contributed by atoms with Crippen LogP contribution < -0.4 is 5.32 Å². The van der Waals surface area contributed by atoms with Crippen LogP contribution in [0.1, 0.15) is 27.7 Å². The first-order chi connectivity index (χ1) is 17.0. The number of ether oxygens (including phenoxy) is 5. The van der Waals surface area contributed by atoms with Gasteiger partial charge in [-0.05, 0) is 6.07 Å².